The number of nitrogens with zero attached hydrogens (tertiary/aromatic N) is 2. The molecule has 3 nitrogen and oxygen atoms in total. The van der Waals surface area contributed by atoms with Gasteiger partial charge in [-0.3, -0.25) is 4.40 Å². The number of rotatable bonds is 3. The van der Waals surface area contributed by atoms with Gasteiger partial charge in [0.05, 0.1) is 5.02 Å². The van der Waals surface area contributed by atoms with Gasteiger partial charge >= 0.3 is 0 Å². The van der Waals surface area contributed by atoms with Gasteiger partial charge in [0.15, 0.2) is 0 Å². The zero-order valence-corrected chi connectivity index (χ0v) is 14.8. The minimum Gasteiger partial charge on any atom is -0.367 e. The van der Waals surface area contributed by atoms with Crippen molar-refractivity contribution in [3.63, 3.8) is 0 Å². The molecule has 1 aromatic carbocycles. The number of nitrogens with one attached hydrogen (secondary N) is 1. The number of halogens is 2. The summed E-state index contributed by atoms with van der Waals surface area (Å²) < 4.78 is 2.10. The Hall–Kier alpha value is -1.71. The van der Waals surface area contributed by atoms with Gasteiger partial charge in [0, 0.05) is 22.8 Å². The summed E-state index contributed by atoms with van der Waals surface area (Å²) >= 11 is 12.6. The van der Waals surface area contributed by atoms with E-state index in [2.05, 4.69) is 9.72 Å². The van der Waals surface area contributed by atoms with Crippen molar-refractivity contribution in [3.05, 3.63) is 52.6 Å². The Balaban J connectivity index is 1.84. The molecule has 0 spiro atoms. The van der Waals surface area contributed by atoms with Crippen LogP contribution in [0.2, 0.25) is 10.0 Å². The largest absolute Gasteiger partial charge is 0.367 e. The Labute approximate surface area is 151 Å². The number of anilines is 1. The van der Waals surface area contributed by atoms with Gasteiger partial charge < -0.3 is 5.32 Å². The van der Waals surface area contributed by atoms with E-state index in [1.165, 1.54) is 32.1 Å². The van der Waals surface area contributed by atoms with Gasteiger partial charge in [-0.1, -0.05) is 48.5 Å². The normalized spacial score (nSPS) is 15.8. The van der Waals surface area contributed by atoms with Gasteiger partial charge in [-0.25, -0.2) is 4.98 Å². The molecule has 0 radical (unpaired) electrons. The lowest BCUT2D eigenvalue weighted by atomic mass is 9.95. The van der Waals surface area contributed by atoms with Crippen LogP contribution in [0, 0.1) is 0 Å². The van der Waals surface area contributed by atoms with E-state index >= 15 is 0 Å². The summed E-state index contributed by atoms with van der Waals surface area (Å²) in [6, 6.07) is 12.0. The summed E-state index contributed by atoms with van der Waals surface area (Å²) in [4.78, 5) is 4.81. The highest BCUT2D eigenvalue weighted by Gasteiger charge is 2.20. The van der Waals surface area contributed by atoms with Crippen molar-refractivity contribution in [1.29, 1.82) is 0 Å². The first kappa shape index (κ1) is 15.8. The average Bonchev–Trinajstić information content (AvgIpc) is 2.96. The van der Waals surface area contributed by atoms with Crippen LogP contribution in [-0.4, -0.2) is 15.4 Å². The summed E-state index contributed by atoms with van der Waals surface area (Å²) in [5.74, 6) is 1.00. The molecule has 1 saturated carbocycles. The van der Waals surface area contributed by atoms with E-state index in [0.717, 1.165) is 22.7 Å². The predicted octanol–water partition coefficient (Wildman–Crippen LogP) is 6.05. The van der Waals surface area contributed by atoms with E-state index < -0.39 is 0 Å². The van der Waals surface area contributed by atoms with E-state index in [-0.39, 0.29) is 0 Å². The van der Waals surface area contributed by atoms with Crippen molar-refractivity contribution in [2.75, 3.05) is 5.32 Å². The van der Waals surface area contributed by atoms with E-state index in [1.807, 2.05) is 36.5 Å². The lowest BCUT2D eigenvalue weighted by molar-refractivity contribution is 0.462. The smallest absolute Gasteiger partial charge is 0.139 e. The summed E-state index contributed by atoms with van der Waals surface area (Å²) in [6.07, 6.45) is 8.32. The second-order valence-electron chi connectivity index (χ2n) is 6.34. The minimum absolute atomic E-state index is 0.482. The number of hydrogen-bond donors (Lipinski definition) is 1. The minimum atomic E-state index is 0.482. The number of aromatic nitrogens is 2. The van der Waals surface area contributed by atoms with Crippen LogP contribution < -0.4 is 5.32 Å². The maximum Gasteiger partial charge on any atom is 0.139 e. The fourth-order valence-corrected chi connectivity index (χ4v) is 3.82. The highest BCUT2D eigenvalue weighted by Crippen LogP contribution is 2.36. The third-order valence-corrected chi connectivity index (χ3v) is 5.22. The molecule has 2 aromatic heterocycles. The molecule has 0 saturated heterocycles. The average molecular weight is 360 g/mol. The Morgan fingerprint density at radius 1 is 1.04 bits per heavy atom. The zero-order chi connectivity index (χ0) is 16.5. The van der Waals surface area contributed by atoms with Crippen LogP contribution in [0.25, 0.3) is 16.9 Å². The van der Waals surface area contributed by atoms with Gasteiger partial charge in [-0.2, -0.15) is 0 Å². The monoisotopic (exact) mass is 359 g/mol. The lowest BCUT2D eigenvalue weighted by Crippen LogP contribution is -2.23. The number of benzene rings is 1. The molecular weight excluding hydrogens is 341 g/mol. The number of pyridine rings is 1. The highest BCUT2D eigenvalue weighted by molar-refractivity contribution is 6.35. The van der Waals surface area contributed by atoms with Gasteiger partial charge in [-0.05, 0) is 43.2 Å². The van der Waals surface area contributed by atoms with E-state index in [0.29, 0.717) is 16.1 Å². The molecule has 1 aliphatic carbocycles. The molecular formula is C19H19Cl2N3. The second-order valence-corrected chi connectivity index (χ2v) is 7.18. The molecule has 0 bridgehead atoms. The third kappa shape index (κ3) is 2.99. The summed E-state index contributed by atoms with van der Waals surface area (Å²) in [6.45, 7) is 0. The number of fused-ring (bicyclic) bond motifs is 1. The van der Waals surface area contributed by atoms with Crippen molar-refractivity contribution in [1.82, 2.24) is 9.38 Å². The first-order valence-electron chi connectivity index (χ1n) is 8.41. The quantitative estimate of drug-likeness (QED) is 0.616. The molecule has 0 atom stereocenters. The van der Waals surface area contributed by atoms with Crippen LogP contribution >= 0.6 is 23.2 Å². The number of imidazole rings is 1. The highest BCUT2D eigenvalue weighted by atomic mass is 35.5. The van der Waals surface area contributed by atoms with Crippen LogP contribution in [0.15, 0.2) is 42.6 Å². The van der Waals surface area contributed by atoms with Crippen molar-refractivity contribution >= 4 is 34.7 Å². The molecule has 1 fully saturated rings. The van der Waals surface area contributed by atoms with E-state index in [4.69, 9.17) is 28.2 Å². The standard InChI is InChI=1S/C19H19Cl2N3/c20-13-9-10-16(21)15(12-13)18-19(22-14-6-2-1-3-7-14)24-11-5-4-8-17(24)23-18/h4-5,8-12,14,22H,1-3,6-7H2. The molecule has 4 rings (SSSR count). The summed E-state index contributed by atoms with van der Waals surface area (Å²) in [7, 11) is 0. The van der Waals surface area contributed by atoms with Crippen LogP contribution in [-0.2, 0) is 0 Å². The third-order valence-electron chi connectivity index (χ3n) is 4.66. The van der Waals surface area contributed by atoms with Crippen LogP contribution in [0.1, 0.15) is 32.1 Å². The molecule has 0 unspecified atom stereocenters. The van der Waals surface area contributed by atoms with Crippen LogP contribution in [0.5, 0.6) is 0 Å². The maximum atomic E-state index is 6.44. The predicted molar refractivity (Wildman–Crippen MR) is 101 cm³/mol. The Morgan fingerprint density at radius 2 is 1.88 bits per heavy atom. The first-order chi connectivity index (χ1) is 11.7. The Kier molecular flexibility index (Phi) is 4.38. The molecule has 2 heterocycles. The molecule has 1 aliphatic rings. The van der Waals surface area contributed by atoms with Crippen LogP contribution in [0.3, 0.4) is 0 Å². The van der Waals surface area contributed by atoms with Crippen molar-refractivity contribution < 1.29 is 0 Å². The van der Waals surface area contributed by atoms with Gasteiger partial charge in [0.1, 0.15) is 17.2 Å². The van der Waals surface area contributed by atoms with Crippen molar-refractivity contribution in [2.24, 2.45) is 0 Å². The second kappa shape index (κ2) is 6.66. The van der Waals surface area contributed by atoms with Crippen LogP contribution in [0.4, 0.5) is 5.82 Å². The molecule has 1 N–H and O–H groups in total. The molecule has 5 heteroatoms. The van der Waals surface area contributed by atoms with Crippen molar-refractivity contribution in [2.45, 2.75) is 38.1 Å². The SMILES string of the molecule is Clc1ccc(Cl)c(-c2nc3ccccn3c2NC2CCCCC2)c1. The van der Waals surface area contributed by atoms with Gasteiger partial charge in [0.2, 0.25) is 0 Å². The Bertz CT molecular complexity index is 866. The van der Waals surface area contributed by atoms with Gasteiger partial charge in [0.25, 0.3) is 0 Å². The lowest BCUT2D eigenvalue weighted by Gasteiger charge is -2.24. The molecule has 0 aliphatic heterocycles. The topological polar surface area (TPSA) is 29.3 Å². The van der Waals surface area contributed by atoms with E-state index in [9.17, 15) is 0 Å². The summed E-state index contributed by atoms with van der Waals surface area (Å²) in [5, 5.41) is 5.04. The molecule has 0 amide bonds. The fourth-order valence-electron chi connectivity index (χ4n) is 3.44. The summed E-state index contributed by atoms with van der Waals surface area (Å²) in [5.41, 5.74) is 2.63. The molecule has 24 heavy (non-hydrogen) atoms. The molecule has 124 valence electrons. The van der Waals surface area contributed by atoms with Crippen molar-refractivity contribution in [3.8, 4) is 11.3 Å². The first-order valence-corrected chi connectivity index (χ1v) is 9.17. The van der Waals surface area contributed by atoms with E-state index in [1.54, 1.807) is 6.07 Å². The number of hydrogen-bond acceptors (Lipinski definition) is 2. The Morgan fingerprint density at radius 3 is 2.71 bits per heavy atom. The maximum absolute atomic E-state index is 6.44. The fraction of sp³-hybridized carbons (Fsp3) is 0.316. The molecule has 3 aromatic rings. The van der Waals surface area contributed by atoms with Gasteiger partial charge in [-0.15, -0.1) is 0 Å². The zero-order valence-electron chi connectivity index (χ0n) is 13.3.